The van der Waals surface area contributed by atoms with Crippen LogP contribution in [0.15, 0.2) is 72.8 Å². The van der Waals surface area contributed by atoms with E-state index >= 15 is 0 Å². The highest BCUT2D eigenvalue weighted by molar-refractivity contribution is 7.92. The van der Waals surface area contributed by atoms with Crippen LogP contribution >= 0.6 is 23.2 Å². The highest BCUT2D eigenvalue weighted by Gasteiger charge is 2.33. The van der Waals surface area contributed by atoms with E-state index in [1.54, 1.807) is 18.2 Å². The average Bonchev–Trinajstić information content (AvgIpc) is 2.89. The molecule has 3 aromatic rings. The van der Waals surface area contributed by atoms with Crippen molar-refractivity contribution in [2.45, 2.75) is 32.4 Å². The van der Waals surface area contributed by atoms with Crippen molar-refractivity contribution in [3.63, 3.8) is 0 Å². The first-order chi connectivity index (χ1) is 18.5. The number of anilines is 1. The number of hydrogen-bond acceptors (Lipinski definition) is 4. The Bertz CT molecular complexity index is 1370. The summed E-state index contributed by atoms with van der Waals surface area (Å²) in [6.07, 6.45) is 1.80. The Hall–Kier alpha value is -3.14. The minimum atomic E-state index is -3.96. The van der Waals surface area contributed by atoms with Crippen LogP contribution in [0.4, 0.5) is 10.1 Å². The molecule has 0 heterocycles. The molecule has 3 aromatic carbocycles. The zero-order valence-electron chi connectivity index (χ0n) is 21.6. The molecular weight excluding hydrogens is 564 g/mol. The van der Waals surface area contributed by atoms with E-state index in [9.17, 15) is 22.4 Å². The van der Waals surface area contributed by atoms with Gasteiger partial charge in [0.1, 0.15) is 18.4 Å². The zero-order chi connectivity index (χ0) is 28.6. The quantitative estimate of drug-likeness (QED) is 0.318. The summed E-state index contributed by atoms with van der Waals surface area (Å²) in [5.41, 5.74) is 1.33. The molecule has 0 aromatic heterocycles. The van der Waals surface area contributed by atoms with Crippen LogP contribution < -0.4 is 9.62 Å². The van der Waals surface area contributed by atoms with Gasteiger partial charge in [0.25, 0.3) is 0 Å². The van der Waals surface area contributed by atoms with Gasteiger partial charge in [0.15, 0.2) is 0 Å². The van der Waals surface area contributed by atoms with E-state index in [0.717, 1.165) is 28.3 Å². The first kappa shape index (κ1) is 30.4. The minimum absolute atomic E-state index is 0.109. The first-order valence-corrected chi connectivity index (χ1v) is 14.9. The third-order valence-electron chi connectivity index (χ3n) is 6.00. The van der Waals surface area contributed by atoms with E-state index in [1.165, 1.54) is 17.0 Å². The molecule has 0 bridgehead atoms. The fraction of sp³-hybridized carbons (Fsp3) is 0.286. The Balaban J connectivity index is 2.08. The van der Waals surface area contributed by atoms with Crippen molar-refractivity contribution in [2.24, 2.45) is 0 Å². The zero-order valence-corrected chi connectivity index (χ0v) is 23.9. The van der Waals surface area contributed by atoms with Gasteiger partial charge in [0, 0.05) is 35.1 Å². The highest BCUT2D eigenvalue weighted by Crippen LogP contribution is 2.28. The maximum Gasteiger partial charge on any atom is 0.244 e. The fourth-order valence-electron chi connectivity index (χ4n) is 3.99. The molecule has 208 valence electrons. The van der Waals surface area contributed by atoms with Gasteiger partial charge in [-0.25, -0.2) is 12.8 Å². The lowest BCUT2D eigenvalue weighted by atomic mass is 10.0. The van der Waals surface area contributed by atoms with Gasteiger partial charge in [-0.15, -0.1) is 0 Å². The van der Waals surface area contributed by atoms with E-state index < -0.39 is 40.2 Å². The predicted octanol–water partition coefficient (Wildman–Crippen LogP) is 5.06. The molecule has 0 saturated heterocycles. The summed E-state index contributed by atoms with van der Waals surface area (Å²) in [7, 11) is -3.96. The van der Waals surface area contributed by atoms with Crippen LogP contribution in [0.25, 0.3) is 0 Å². The second-order valence-corrected chi connectivity index (χ2v) is 11.7. The third kappa shape index (κ3) is 8.42. The van der Waals surface area contributed by atoms with Crippen LogP contribution in [0.2, 0.25) is 10.0 Å². The van der Waals surface area contributed by atoms with Gasteiger partial charge in [0.2, 0.25) is 21.8 Å². The normalized spacial score (nSPS) is 12.0. The molecular formula is C28H30Cl2FN3O4S. The van der Waals surface area contributed by atoms with Crippen molar-refractivity contribution in [3.05, 3.63) is 99.8 Å². The summed E-state index contributed by atoms with van der Waals surface area (Å²) in [6.45, 7) is 1.53. The Labute approximate surface area is 238 Å². The van der Waals surface area contributed by atoms with Crippen LogP contribution in [0.5, 0.6) is 0 Å². The number of nitrogens with zero attached hydrogens (tertiary/aromatic N) is 2. The summed E-state index contributed by atoms with van der Waals surface area (Å²) in [5, 5.41) is 3.45. The molecule has 3 rings (SSSR count). The number of carbonyl (C=O) groups excluding carboxylic acids is 2. The number of amides is 2. The van der Waals surface area contributed by atoms with Crippen LogP contribution in [0, 0.1) is 5.82 Å². The lowest BCUT2D eigenvalue weighted by Gasteiger charge is -2.34. The standard InChI is InChI=1S/C28H30Cl2FN3O4S/c1-3-16-32-28(36)26(17-20-8-5-4-6-9-20)33(18-23-24(29)10-7-11-25(23)30)27(35)19-34(39(2,37)38)22-14-12-21(31)13-15-22/h4-15,26H,3,16-19H2,1-2H3,(H,32,36). The second kappa shape index (κ2) is 13.8. The Kier molecular flexibility index (Phi) is 10.7. The summed E-state index contributed by atoms with van der Waals surface area (Å²) in [4.78, 5) is 28.7. The smallest absolute Gasteiger partial charge is 0.244 e. The number of hydrogen-bond donors (Lipinski definition) is 1. The number of carbonyl (C=O) groups is 2. The number of halogens is 3. The predicted molar refractivity (Wildman–Crippen MR) is 153 cm³/mol. The lowest BCUT2D eigenvalue weighted by Crippen LogP contribution is -2.53. The Morgan fingerprint density at radius 3 is 2.13 bits per heavy atom. The van der Waals surface area contributed by atoms with Crippen LogP contribution in [-0.4, -0.2) is 50.5 Å². The number of sulfonamides is 1. The van der Waals surface area contributed by atoms with Crippen molar-refractivity contribution in [2.75, 3.05) is 23.7 Å². The largest absolute Gasteiger partial charge is 0.354 e. The summed E-state index contributed by atoms with van der Waals surface area (Å²) in [5.74, 6) is -1.61. The number of benzene rings is 3. The van der Waals surface area contributed by atoms with E-state index in [-0.39, 0.29) is 18.7 Å². The van der Waals surface area contributed by atoms with Crippen molar-refractivity contribution in [1.29, 1.82) is 0 Å². The molecule has 7 nitrogen and oxygen atoms in total. The molecule has 0 aliphatic rings. The van der Waals surface area contributed by atoms with Gasteiger partial charge in [-0.3, -0.25) is 13.9 Å². The molecule has 0 aliphatic carbocycles. The Morgan fingerprint density at radius 2 is 1.56 bits per heavy atom. The first-order valence-electron chi connectivity index (χ1n) is 12.3. The average molecular weight is 595 g/mol. The van der Waals surface area contributed by atoms with E-state index in [2.05, 4.69) is 5.32 Å². The second-order valence-electron chi connectivity index (χ2n) is 8.96. The molecule has 0 aliphatic heterocycles. The van der Waals surface area contributed by atoms with Crippen molar-refractivity contribution < 1.29 is 22.4 Å². The molecule has 1 atom stereocenters. The molecule has 39 heavy (non-hydrogen) atoms. The van der Waals surface area contributed by atoms with Crippen molar-refractivity contribution >= 4 is 50.7 Å². The van der Waals surface area contributed by atoms with Gasteiger partial charge in [0.05, 0.1) is 11.9 Å². The summed E-state index contributed by atoms with van der Waals surface area (Å²) < 4.78 is 39.9. The molecule has 1 unspecified atom stereocenters. The van der Waals surface area contributed by atoms with E-state index in [4.69, 9.17) is 23.2 Å². The molecule has 0 radical (unpaired) electrons. The lowest BCUT2D eigenvalue weighted by molar-refractivity contribution is -0.140. The van der Waals surface area contributed by atoms with Crippen molar-refractivity contribution in [1.82, 2.24) is 10.2 Å². The molecule has 0 fully saturated rings. The monoisotopic (exact) mass is 593 g/mol. The van der Waals surface area contributed by atoms with Gasteiger partial charge in [-0.2, -0.15) is 0 Å². The van der Waals surface area contributed by atoms with Crippen LogP contribution in [0.3, 0.4) is 0 Å². The van der Waals surface area contributed by atoms with Crippen LogP contribution in [-0.2, 0) is 32.6 Å². The van der Waals surface area contributed by atoms with Gasteiger partial charge in [-0.1, -0.05) is 66.5 Å². The number of rotatable bonds is 12. The van der Waals surface area contributed by atoms with Gasteiger partial charge in [-0.05, 0) is 48.4 Å². The topological polar surface area (TPSA) is 86.8 Å². The molecule has 0 spiro atoms. The third-order valence-corrected chi connectivity index (χ3v) is 7.85. The van der Waals surface area contributed by atoms with E-state index in [1.807, 2.05) is 37.3 Å². The van der Waals surface area contributed by atoms with Gasteiger partial charge >= 0.3 is 0 Å². The maximum absolute atomic E-state index is 14.0. The summed E-state index contributed by atoms with van der Waals surface area (Å²) >= 11 is 12.9. The Morgan fingerprint density at radius 1 is 0.949 bits per heavy atom. The molecule has 2 amide bonds. The van der Waals surface area contributed by atoms with Crippen molar-refractivity contribution in [3.8, 4) is 0 Å². The maximum atomic E-state index is 14.0. The van der Waals surface area contributed by atoms with Gasteiger partial charge < -0.3 is 10.2 Å². The molecule has 0 saturated carbocycles. The highest BCUT2D eigenvalue weighted by atomic mass is 35.5. The molecule has 11 heteroatoms. The van der Waals surface area contributed by atoms with Crippen LogP contribution in [0.1, 0.15) is 24.5 Å². The SMILES string of the molecule is CCCNC(=O)C(Cc1ccccc1)N(Cc1c(Cl)cccc1Cl)C(=O)CN(c1ccc(F)cc1)S(C)(=O)=O. The summed E-state index contributed by atoms with van der Waals surface area (Å²) in [6, 6.07) is 17.8. The van der Waals surface area contributed by atoms with E-state index in [0.29, 0.717) is 28.6 Å². The minimum Gasteiger partial charge on any atom is -0.354 e. The number of nitrogens with one attached hydrogen (secondary N) is 1. The molecule has 1 N–H and O–H groups in total. The fourth-order valence-corrected chi connectivity index (χ4v) is 5.36.